The molecule has 5 heteroatoms. The average molecular weight is 297 g/mol. The molecule has 2 rings (SSSR count). The second-order valence-corrected chi connectivity index (χ2v) is 5.63. The third-order valence-corrected chi connectivity index (χ3v) is 3.77. The minimum atomic E-state index is -0.0394. The van der Waals surface area contributed by atoms with Crippen molar-refractivity contribution in [1.82, 2.24) is 5.32 Å². The van der Waals surface area contributed by atoms with Crippen LogP contribution >= 0.6 is 11.6 Å². The first-order valence-corrected chi connectivity index (χ1v) is 7.37. The van der Waals surface area contributed by atoms with Gasteiger partial charge in [-0.2, -0.15) is 0 Å². The van der Waals surface area contributed by atoms with E-state index in [2.05, 4.69) is 10.6 Å². The molecule has 1 saturated heterocycles. The first kappa shape index (κ1) is 15.3. The lowest BCUT2D eigenvalue weighted by atomic mass is 10.0. The van der Waals surface area contributed by atoms with Crippen molar-refractivity contribution in [3.8, 4) is 0 Å². The summed E-state index contributed by atoms with van der Waals surface area (Å²) in [6, 6.07) is 5.48. The number of nitrogens with one attached hydrogen (secondary N) is 2. The van der Waals surface area contributed by atoms with Gasteiger partial charge in [0.15, 0.2) is 0 Å². The summed E-state index contributed by atoms with van der Waals surface area (Å²) in [7, 11) is 0. The predicted octanol–water partition coefficient (Wildman–Crippen LogP) is 2.60. The maximum atomic E-state index is 11.9. The zero-order chi connectivity index (χ0) is 14.4. The van der Waals surface area contributed by atoms with Gasteiger partial charge in [0, 0.05) is 23.9 Å². The Bertz CT molecular complexity index is 459. The van der Waals surface area contributed by atoms with Crippen LogP contribution in [0.5, 0.6) is 0 Å². The van der Waals surface area contributed by atoms with Gasteiger partial charge in [0.1, 0.15) is 0 Å². The summed E-state index contributed by atoms with van der Waals surface area (Å²) in [4.78, 5) is 11.9. The minimum Gasteiger partial charge on any atom is -0.381 e. The number of anilines is 1. The van der Waals surface area contributed by atoms with Crippen molar-refractivity contribution in [3.63, 3.8) is 0 Å². The van der Waals surface area contributed by atoms with Crippen molar-refractivity contribution in [2.75, 3.05) is 31.6 Å². The van der Waals surface area contributed by atoms with Crippen LogP contribution in [0, 0.1) is 12.8 Å². The number of rotatable bonds is 5. The van der Waals surface area contributed by atoms with Crippen molar-refractivity contribution >= 4 is 23.2 Å². The zero-order valence-electron chi connectivity index (χ0n) is 11.7. The molecule has 0 spiro atoms. The maximum Gasteiger partial charge on any atom is 0.238 e. The van der Waals surface area contributed by atoms with Crippen LogP contribution in [0.2, 0.25) is 5.02 Å². The highest BCUT2D eigenvalue weighted by molar-refractivity contribution is 6.31. The van der Waals surface area contributed by atoms with Crippen LogP contribution in [0.1, 0.15) is 18.4 Å². The van der Waals surface area contributed by atoms with Gasteiger partial charge in [-0.1, -0.05) is 17.7 Å². The SMILES string of the molecule is Cc1ccc(Cl)cc1NC(=O)CNCC1CCOCC1. The van der Waals surface area contributed by atoms with Gasteiger partial charge >= 0.3 is 0 Å². The largest absolute Gasteiger partial charge is 0.381 e. The van der Waals surface area contributed by atoms with E-state index in [4.69, 9.17) is 16.3 Å². The van der Waals surface area contributed by atoms with Crippen molar-refractivity contribution in [3.05, 3.63) is 28.8 Å². The quantitative estimate of drug-likeness (QED) is 0.878. The number of carbonyl (C=O) groups excluding carboxylic acids is 1. The molecule has 20 heavy (non-hydrogen) atoms. The smallest absolute Gasteiger partial charge is 0.238 e. The van der Waals surface area contributed by atoms with Gasteiger partial charge in [-0.15, -0.1) is 0 Å². The topological polar surface area (TPSA) is 50.4 Å². The molecule has 0 atom stereocenters. The normalized spacial score (nSPS) is 16.1. The maximum absolute atomic E-state index is 11.9. The summed E-state index contributed by atoms with van der Waals surface area (Å²) in [5.41, 5.74) is 1.78. The number of benzene rings is 1. The molecule has 0 radical (unpaired) electrons. The molecular formula is C15H21ClN2O2. The van der Waals surface area contributed by atoms with Crippen LogP contribution in [-0.4, -0.2) is 32.2 Å². The molecule has 1 amide bonds. The number of aryl methyl sites for hydroxylation is 1. The van der Waals surface area contributed by atoms with Crippen molar-refractivity contribution in [2.45, 2.75) is 19.8 Å². The van der Waals surface area contributed by atoms with E-state index in [1.165, 1.54) is 0 Å². The van der Waals surface area contributed by atoms with E-state index in [1.54, 1.807) is 6.07 Å². The third-order valence-electron chi connectivity index (χ3n) is 3.53. The summed E-state index contributed by atoms with van der Waals surface area (Å²) in [5, 5.41) is 6.71. The number of halogens is 1. The van der Waals surface area contributed by atoms with Crippen molar-refractivity contribution in [1.29, 1.82) is 0 Å². The summed E-state index contributed by atoms with van der Waals surface area (Å²) in [6.45, 7) is 4.80. The highest BCUT2D eigenvalue weighted by atomic mass is 35.5. The fourth-order valence-electron chi connectivity index (χ4n) is 2.26. The summed E-state index contributed by atoms with van der Waals surface area (Å²) < 4.78 is 5.31. The first-order valence-electron chi connectivity index (χ1n) is 6.99. The number of carbonyl (C=O) groups is 1. The molecule has 1 aliphatic rings. The predicted molar refractivity (Wildman–Crippen MR) is 81.2 cm³/mol. The standard InChI is InChI=1S/C15H21ClN2O2/c1-11-2-3-13(16)8-14(11)18-15(19)10-17-9-12-4-6-20-7-5-12/h2-3,8,12,17H,4-7,9-10H2,1H3,(H,18,19). The van der Waals surface area contributed by atoms with Gasteiger partial charge in [0.2, 0.25) is 5.91 Å². The fourth-order valence-corrected chi connectivity index (χ4v) is 2.44. The van der Waals surface area contributed by atoms with E-state index in [0.717, 1.165) is 43.9 Å². The lowest BCUT2D eigenvalue weighted by Gasteiger charge is -2.22. The van der Waals surface area contributed by atoms with Gasteiger partial charge in [-0.3, -0.25) is 4.79 Å². The van der Waals surface area contributed by atoms with Gasteiger partial charge < -0.3 is 15.4 Å². The van der Waals surface area contributed by atoms with Crippen LogP contribution in [0.4, 0.5) is 5.69 Å². The molecule has 1 aliphatic heterocycles. The molecule has 0 unspecified atom stereocenters. The average Bonchev–Trinajstić information content (AvgIpc) is 2.44. The Kier molecular flexibility index (Phi) is 5.83. The Hall–Kier alpha value is -1.10. The summed E-state index contributed by atoms with van der Waals surface area (Å²) in [5.74, 6) is 0.576. The fraction of sp³-hybridized carbons (Fsp3) is 0.533. The Morgan fingerprint density at radius 3 is 2.90 bits per heavy atom. The lowest BCUT2D eigenvalue weighted by Crippen LogP contribution is -2.33. The molecule has 1 fully saturated rings. The summed E-state index contributed by atoms with van der Waals surface area (Å²) in [6.07, 6.45) is 2.14. The van der Waals surface area contributed by atoms with Gasteiger partial charge in [0.25, 0.3) is 0 Å². The lowest BCUT2D eigenvalue weighted by molar-refractivity contribution is -0.115. The van der Waals surface area contributed by atoms with E-state index in [0.29, 0.717) is 17.5 Å². The summed E-state index contributed by atoms with van der Waals surface area (Å²) >= 11 is 5.93. The Morgan fingerprint density at radius 2 is 2.15 bits per heavy atom. The van der Waals surface area contributed by atoms with Gasteiger partial charge in [0.05, 0.1) is 6.54 Å². The highest BCUT2D eigenvalue weighted by Gasteiger charge is 2.13. The van der Waals surface area contributed by atoms with E-state index in [-0.39, 0.29) is 5.91 Å². The monoisotopic (exact) mass is 296 g/mol. The van der Waals surface area contributed by atoms with Crippen molar-refractivity contribution < 1.29 is 9.53 Å². The van der Waals surface area contributed by atoms with Crippen LogP contribution in [0.25, 0.3) is 0 Å². The molecule has 2 N–H and O–H groups in total. The molecule has 0 bridgehead atoms. The number of hydrogen-bond acceptors (Lipinski definition) is 3. The van der Waals surface area contributed by atoms with E-state index in [9.17, 15) is 4.79 Å². The molecule has 0 saturated carbocycles. The van der Waals surface area contributed by atoms with E-state index in [1.807, 2.05) is 19.1 Å². The molecule has 1 aromatic rings. The zero-order valence-corrected chi connectivity index (χ0v) is 12.5. The minimum absolute atomic E-state index is 0.0394. The second kappa shape index (κ2) is 7.62. The van der Waals surface area contributed by atoms with Gasteiger partial charge in [-0.05, 0) is 49.9 Å². The van der Waals surface area contributed by atoms with Crippen LogP contribution in [0.15, 0.2) is 18.2 Å². The molecule has 0 aliphatic carbocycles. The molecule has 1 aromatic carbocycles. The molecule has 1 heterocycles. The Balaban J connectivity index is 1.73. The number of hydrogen-bond donors (Lipinski definition) is 2. The molecule has 4 nitrogen and oxygen atoms in total. The Morgan fingerprint density at radius 1 is 1.40 bits per heavy atom. The van der Waals surface area contributed by atoms with Crippen LogP contribution in [-0.2, 0) is 9.53 Å². The third kappa shape index (κ3) is 4.78. The molecule has 110 valence electrons. The van der Waals surface area contributed by atoms with E-state index < -0.39 is 0 Å². The Labute approximate surface area is 124 Å². The first-order chi connectivity index (χ1) is 9.65. The second-order valence-electron chi connectivity index (χ2n) is 5.19. The van der Waals surface area contributed by atoms with Crippen LogP contribution < -0.4 is 10.6 Å². The van der Waals surface area contributed by atoms with Gasteiger partial charge in [-0.25, -0.2) is 0 Å². The number of amides is 1. The highest BCUT2D eigenvalue weighted by Crippen LogP contribution is 2.20. The van der Waals surface area contributed by atoms with E-state index >= 15 is 0 Å². The number of ether oxygens (including phenoxy) is 1. The van der Waals surface area contributed by atoms with Crippen molar-refractivity contribution in [2.24, 2.45) is 5.92 Å². The molecule has 0 aromatic heterocycles. The van der Waals surface area contributed by atoms with Crippen LogP contribution in [0.3, 0.4) is 0 Å². The molecular weight excluding hydrogens is 276 g/mol.